The molecule has 0 aliphatic heterocycles. The van der Waals surface area contributed by atoms with Crippen molar-refractivity contribution in [1.82, 2.24) is 4.98 Å². The molecule has 1 aromatic heterocycles. The molecule has 2 N–H and O–H groups in total. The van der Waals surface area contributed by atoms with Crippen molar-refractivity contribution in [2.24, 2.45) is 5.73 Å². The van der Waals surface area contributed by atoms with E-state index in [2.05, 4.69) is 51.7 Å². The van der Waals surface area contributed by atoms with E-state index in [4.69, 9.17) is 5.73 Å². The maximum atomic E-state index is 5.65. The molecule has 0 fully saturated rings. The van der Waals surface area contributed by atoms with Gasteiger partial charge in [-0.3, -0.25) is 0 Å². The molecule has 0 saturated heterocycles. The maximum absolute atomic E-state index is 5.65. The fraction of sp³-hybridized carbons (Fsp3) is 0.471. The lowest BCUT2D eigenvalue weighted by atomic mass is 9.83. The van der Waals surface area contributed by atoms with Crippen LogP contribution in [0.5, 0.6) is 0 Å². The highest BCUT2D eigenvalue weighted by molar-refractivity contribution is 7.11. The van der Waals surface area contributed by atoms with Crippen molar-refractivity contribution in [1.29, 1.82) is 0 Å². The zero-order valence-electron chi connectivity index (χ0n) is 13.1. The van der Waals surface area contributed by atoms with Gasteiger partial charge < -0.3 is 5.73 Å². The summed E-state index contributed by atoms with van der Waals surface area (Å²) in [6, 6.07) is 4.64. The number of aryl methyl sites for hydroxylation is 2. The molecule has 1 heterocycles. The van der Waals surface area contributed by atoms with Crippen LogP contribution < -0.4 is 5.73 Å². The zero-order chi connectivity index (χ0) is 14.9. The normalized spacial score (nSPS) is 11.9. The summed E-state index contributed by atoms with van der Waals surface area (Å²) >= 11 is 1.72. The van der Waals surface area contributed by atoms with Crippen LogP contribution in [-0.4, -0.2) is 4.98 Å². The molecule has 0 saturated carbocycles. The number of hydrogen-bond donors (Lipinski definition) is 1. The molecule has 2 aromatic rings. The van der Waals surface area contributed by atoms with Gasteiger partial charge in [-0.2, -0.15) is 0 Å². The Morgan fingerprint density at radius 1 is 1.15 bits per heavy atom. The second-order valence-corrected chi connectivity index (χ2v) is 7.64. The summed E-state index contributed by atoms with van der Waals surface area (Å²) in [5.74, 6) is 0. The van der Waals surface area contributed by atoms with E-state index in [9.17, 15) is 0 Å². The highest BCUT2D eigenvalue weighted by Crippen LogP contribution is 2.28. The summed E-state index contributed by atoms with van der Waals surface area (Å²) in [4.78, 5) is 5.63. The second-order valence-electron chi connectivity index (χ2n) is 6.44. The minimum Gasteiger partial charge on any atom is -0.326 e. The van der Waals surface area contributed by atoms with Gasteiger partial charge >= 0.3 is 0 Å². The topological polar surface area (TPSA) is 38.9 Å². The van der Waals surface area contributed by atoms with Crippen molar-refractivity contribution >= 4 is 11.3 Å². The maximum Gasteiger partial charge on any atom is 0.0972 e. The first kappa shape index (κ1) is 15.2. The molecule has 0 radical (unpaired) electrons. The largest absolute Gasteiger partial charge is 0.326 e. The Kier molecular flexibility index (Phi) is 4.31. The number of hydrogen-bond acceptors (Lipinski definition) is 3. The van der Waals surface area contributed by atoms with Gasteiger partial charge in [-0.15, -0.1) is 11.3 Å². The van der Waals surface area contributed by atoms with Crippen LogP contribution in [0.1, 0.15) is 52.9 Å². The molecule has 2 rings (SSSR count). The fourth-order valence-corrected chi connectivity index (χ4v) is 3.19. The predicted molar refractivity (Wildman–Crippen MR) is 87.4 cm³/mol. The molecule has 0 amide bonds. The smallest absolute Gasteiger partial charge is 0.0972 e. The van der Waals surface area contributed by atoms with Gasteiger partial charge in [0, 0.05) is 24.0 Å². The number of nitrogens with two attached hydrogens (primary N) is 1. The molecule has 0 atom stereocenters. The van der Waals surface area contributed by atoms with Gasteiger partial charge in [0.25, 0.3) is 0 Å². The molecule has 1 aromatic carbocycles. The fourth-order valence-electron chi connectivity index (χ4n) is 2.38. The van der Waals surface area contributed by atoms with Crippen molar-refractivity contribution in [2.45, 2.75) is 53.0 Å². The van der Waals surface area contributed by atoms with Crippen LogP contribution in [0, 0.1) is 13.8 Å². The van der Waals surface area contributed by atoms with Crippen molar-refractivity contribution in [3.8, 4) is 0 Å². The lowest BCUT2D eigenvalue weighted by Gasteiger charge is -2.22. The summed E-state index contributed by atoms with van der Waals surface area (Å²) in [7, 11) is 0. The second kappa shape index (κ2) is 5.66. The predicted octanol–water partition coefficient (Wildman–Crippen LogP) is 4.11. The van der Waals surface area contributed by atoms with Crippen LogP contribution in [0.4, 0.5) is 0 Å². The summed E-state index contributed by atoms with van der Waals surface area (Å²) in [5, 5.41) is 1.15. The lowest BCUT2D eigenvalue weighted by molar-refractivity contribution is 0.589. The Labute approximate surface area is 126 Å². The van der Waals surface area contributed by atoms with E-state index >= 15 is 0 Å². The van der Waals surface area contributed by atoms with Gasteiger partial charge in [0.2, 0.25) is 0 Å². The summed E-state index contributed by atoms with van der Waals surface area (Å²) in [6.45, 7) is 11.8. The van der Waals surface area contributed by atoms with E-state index in [1.807, 2.05) is 6.20 Å². The lowest BCUT2D eigenvalue weighted by Crippen LogP contribution is -2.12. The van der Waals surface area contributed by atoms with Gasteiger partial charge in [-0.05, 0) is 41.5 Å². The van der Waals surface area contributed by atoms with E-state index in [0.29, 0.717) is 6.54 Å². The van der Waals surface area contributed by atoms with Crippen molar-refractivity contribution < 1.29 is 0 Å². The first-order valence-corrected chi connectivity index (χ1v) is 7.87. The monoisotopic (exact) mass is 288 g/mol. The number of thiazole rings is 1. The molecule has 0 bridgehead atoms. The molecule has 108 valence electrons. The van der Waals surface area contributed by atoms with Crippen molar-refractivity contribution in [3.05, 3.63) is 50.5 Å². The van der Waals surface area contributed by atoms with Crippen LogP contribution in [0.15, 0.2) is 18.3 Å². The Morgan fingerprint density at radius 2 is 1.75 bits per heavy atom. The molecule has 0 aliphatic carbocycles. The summed E-state index contributed by atoms with van der Waals surface area (Å²) in [6.07, 6.45) is 2.81. The Morgan fingerprint density at radius 3 is 2.20 bits per heavy atom. The summed E-state index contributed by atoms with van der Waals surface area (Å²) in [5.41, 5.74) is 11.4. The Bertz CT molecular complexity index is 583. The first-order chi connectivity index (χ1) is 9.31. The van der Waals surface area contributed by atoms with Gasteiger partial charge in [-0.25, -0.2) is 4.98 Å². The molecule has 20 heavy (non-hydrogen) atoms. The first-order valence-electron chi connectivity index (χ1n) is 7.05. The van der Waals surface area contributed by atoms with Crippen LogP contribution >= 0.6 is 11.3 Å². The third-order valence-corrected chi connectivity index (χ3v) is 4.71. The average Bonchev–Trinajstić information content (AvgIpc) is 2.80. The minimum absolute atomic E-state index is 0.196. The van der Waals surface area contributed by atoms with E-state index < -0.39 is 0 Å². The highest BCUT2D eigenvalue weighted by atomic mass is 32.1. The standard InChI is InChI=1S/C17H24N2S/c1-11-6-13(17(3,4)5)7-12(2)15(11)8-16-19-10-14(9-18)20-16/h6-7,10H,8-9,18H2,1-5H3. The minimum atomic E-state index is 0.196. The summed E-state index contributed by atoms with van der Waals surface area (Å²) < 4.78 is 0. The van der Waals surface area contributed by atoms with Crippen molar-refractivity contribution in [3.63, 3.8) is 0 Å². The molecular formula is C17H24N2S. The highest BCUT2D eigenvalue weighted by Gasteiger charge is 2.16. The van der Waals surface area contributed by atoms with Gasteiger partial charge in [0.15, 0.2) is 0 Å². The number of rotatable bonds is 3. The van der Waals surface area contributed by atoms with Crippen LogP contribution in [0.25, 0.3) is 0 Å². The SMILES string of the molecule is Cc1cc(C(C)(C)C)cc(C)c1Cc1ncc(CN)s1. The molecule has 0 unspecified atom stereocenters. The Hall–Kier alpha value is -1.19. The van der Waals surface area contributed by atoms with Gasteiger partial charge in [0.05, 0.1) is 5.01 Å². The number of aromatic nitrogens is 1. The average molecular weight is 288 g/mol. The quantitative estimate of drug-likeness (QED) is 0.923. The molecule has 0 spiro atoms. The zero-order valence-corrected chi connectivity index (χ0v) is 13.9. The number of nitrogens with zero attached hydrogens (tertiary/aromatic N) is 1. The van der Waals surface area contributed by atoms with E-state index in [1.165, 1.54) is 22.3 Å². The van der Waals surface area contributed by atoms with Crippen LogP contribution in [0.2, 0.25) is 0 Å². The van der Waals surface area contributed by atoms with E-state index in [1.54, 1.807) is 11.3 Å². The van der Waals surface area contributed by atoms with Crippen molar-refractivity contribution in [2.75, 3.05) is 0 Å². The third-order valence-electron chi connectivity index (χ3n) is 3.69. The third kappa shape index (κ3) is 3.28. The molecule has 2 nitrogen and oxygen atoms in total. The van der Waals surface area contributed by atoms with Gasteiger partial charge in [-0.1, -0.05) is 32.9 Å². The van der Waals surface area contributed by atoms with Crippen LogP contribution in [0.3, 0.4) is 0 Å². The van der Waals surface area contributed by atoms with Gasteiger partial charge in [0.1, 0.15) is 0 Å². The Balaban J connectivity index is 2.33. The molecule has 0 aliphatic rings. The molecule has 3 heteroatoms. The van der Waals surface area contributed by atoms with Crippen LogP contribution in [-0.2, 0) is 18.4 Å². The van der Waals surface area contributed by atoms with E-state index in [-0.39, 0.29) is 5.41 Å². The number of benzene rings is 1. The van der Waals surface area contributed by atoms with E-state index in [0.717, 1.165) is 16.3 Å². The molecular weight excluding hydrogens is 264 g/mol.